The number of benzene rings is 1. The topological polar surface area (TPSA) is 122 Å². The van der Waals surface area contributed by atoms with Crippen molar-refractivity contribution in [2.45, 2.75) is 59.0 Å². The molecule has 2 unspecified atom stereocenters. The van der Waals surface area contributed by atoms with Crippen LogP contribution in [0.4, 0.5) is 16.2 Å². The van der Waals surface area contributed by atoms with Crippen LogP contribution in [0.25, 0.3) is 0 Å². The van der Waals surface area contributed by atoms with E-state index in [1.807, 2.05) is 29.8 Å². The number of nitrogens with one attached hydrogen (secondary N) is 2. The highest BCUT2D eigenvalue weighted by Gasteiger charge is 2.63. The number of carbonyl (C=O) groups is 3. The third-order valence-electron chi connectivity index (χ3n) is 10.0. The van der Waals surface area contributed by atoms with Crippen molar-refractivity contribution in [2.75, 3.05) is 23.7 Å². The summed E-state index contributed by atoms with van der Waals surface area (Å²) in [5.74, 6) is 0.210. The number of hydrogen-bond acceptors (Lipinski definition) is 7. The van der Waals surface area contributed by atoms with Crippen LogP contribution >= 0.6 is 0 Å². The lowest BCUT2D eigenvalue weighted by Gasteiger charge is -2.58. The first-order chi connectivity index (χ1) is 18.7. The zero-order chi connectivity index (χ0) is 29.0. The SMILES string of the molecule is CC(=O)[C@H]1CC[C@H]2C3C=CC4=CC(=O)CC[C@@]4(C)C3[C@@H](OC(=O)NS(=O)(=O)Nc3ccc(N(C)C)cc3)C[C@]12C. The van der Waals surface area contributed by atoms with Crippen LogP contribution in [0.15, 0.2) is 48.1 Å². The number of fused-ring (bicyclic) bond motifs is 5. The van der Waals surface area contributed by atoms with Crippen LogP contribution in [0, 0.1) is 34.5 Å². The third kappa shape index (κ3) is 4.95. The van der Waals surface area contributed by atoms with Crippen LogP contribution in [-0.4, -0.2) is 46.3 Å². The molecule has 2 saturated carbocycles. The van der Waals surface area contributed by atoms with E-state index in [1.165, 1.54) is 0 Å². The van der Waals surface area contributed by atoms with Crippen molar-refractivity contribution in [3.63, 3.8) is 0 Å². The second-order valence-corrected chi connectivity index (χ2v) is 14.0. The Morgan fingerprint density at radius 2 is 1.80 bits per heavy atom. The van der Waals surface area contributed by atoms with Crippen molar-refractivity contribution in [3.05, 3.63) is 48.1 Å². The van der Waals surface area contributed by atoms with E-state index >= 15 is 0 Å². The lowest BCUT2D eigenvalue weighted by Crippen LogP contribution is -2.57. The second-order valence-electron chi connectivity index (χ2n) is 12.6. The molecule has 1 aromatic rings. The summed E-state index contributed by atoms with van der Waals surface area (Å²) in [7, 11) is -0.501. The molecular formula is C30H39N3O6S. The van der Waals surface area contributed by atoms with Crippen LogP contribution < -0.4 is 14.3 Å². The summed E-state index contributed by atoms with van der Waals surface area (Å²) < 4.78 is 36.0. The van der Waals surface area contributed by atoms with Crippen LogP contribution in [0.1, 0.15) is 52.9 Å². The minimum atomic E-state index is -4.26. The molecule has 0 spiro atoms. The molecule has 1 aromatic carbocycles. The van der Waals surface area contributed by atoms with Crippen molar-refractivity contribution in [1.29, 1.82) is 0 Å². The fourth-order valence-corrected chi connectivity index (χ4v) is 8.91. The van der Waals surface area contributed by atoms with E-state index in [-0.39, 0.29) is 40.7 Å². The fourth-order valence-electron chi connectivity index (χ4n) is 8.15. The molecule has 4 aliphatic rings. The zero-order valence-corrected chi connectivity index (χ0v) is 24.6. The molecule has 0 heterocycles. The molecule has 216 valence electrons. The van der Waals surface area contributed by atoms with Gasteiger partial charge in [-0.25, -0.2) is 9.52 Å². The van der Waals surface area contributed by atoms with Gasteiger partial charge in [-0.05, 0) is 91.2 Å². The van der Waals surface area contributed by atoms with Gasteiger partial charge in [0.05, 0.1) is 5.69 Å². The monoisotopic (exact) mass is 569 g/mol. The van der Waals surface area contributed by atoms with Crippen molar-refractivity contribution in [3.8, 4) is 0 Å². The molecule has 5 rings (SSSR count). The molecule has 2 N–H and O–H groups in total. The van der Waals surface area contributed by atoms with E-state index in [2.05, 4.69) is 24.6 Å². The molecule has 0 aliphatic heterocycles. The van der Waals surface area contributed by atoms with Gasteiger partial charge in [0.1, 0.15) is 11.9 Å². The lowest BCUT2D eigenvalue weighted by molar-refractivity contribution is -0.135. The summed E-state index contributed by atoms with van der Waals surface area (Å²) in [6, 6.07) is 6.75. The third-order valence-corrected chi connectivity index (χ3v) is 11.0. The van der Waals surface area contributed by atoms with Gasteiger partial charge in [0.2, 0.25) is 0 Å². The minimum Gasteiger partial charge on any atom is -0.445 e. The summed E-state index contributed by atoms with van der Waals surface area (Å²) in [6.45, 7) is 5.86. The standard InChI is InChI=1S/C30H39N3O6S/c1-18(34)24-12-13-25-23-11-6-19-16-22(35)14-15-29(19,2)27(23)26(17-30(24,25)3)39-28(36)32-40(37,38)31-20-7-9-21(10-8-20)33(4)5/h6-11,16,23-27,31H,12-15,17H2,1-5H3,(H,32,36)/t23?,24-,25+,26+,27?,29-,30-/m1/s1. The van der Waals surface area contributed by atoms with E-state index in [0.717, 1.165) is 24.1 Å². The normalized spacial score (nSPS) is 34.6. The lowest BCUT2D eigenvalue weighted by atomic mass is 9.47. The van der Waals surface area contributed by atoms with Gasteiger partial charge in [-0.15, -0.1) is 0 Å². The summed E-state index contributed by atoms with van der Waals surface area (Å²) in [6.07, 6.45) is 7.38. The largest absolute Gasteiger partial charge is 0.445 e. The summed E-state index contributed by atoms with van der Waals surface area (Å²) in [5.41, 5.74) is 1.35. The van der Waals surface area contributed by atoms with E-state index < -0.39 is 27.8 Å². The molecule has 0 radical (unpaired) electrons. The van der Waals surface area contributed by atoms with Gasteiger partial charge in [0.25, 0.3) is 0 Å². The van der Waals surface area contributed by atoms with Gasteiger partial charge < -0.3 is 9.64 Å². The number of amides is 1. The molecule has 40 heavy (non-hydrogen) atoms. The number of ketones is 2. The number of rotatable bonds is 6. The molecule has 1 amide bonds. The number of hydrogen-bond donors (Lipinski definition) is 2. The molecule has 10 heteroatoms. The van der Waals surface area contributed by atoms with E-state index in [9.17, 15) is 22.8 Å². The van der Waals surface area contributed by atoms with Crippen molar-refractivity contribution < 1.29 is 27.5 Å². The number of nitrogens with zero attached hydrogens (tertiary/aromatic N) is 1. The minimum absolute atomic E-state index is 0.0428. The average Bonchev–Trinajstić information content (AvgIpc) is 3.20. The number of anilines is 2. The summed E-state index contributed by atoms with van der Waals surface area (Å²) >= 11 is 0. The average molecular weight is 570 g/mol. The first kappa shape index (κ1) is 28.4. The Hall–Kier alpha value is -3.14. The Morgan fingerprint density at radius 3 is 2.45 bits per heavy atom. The Balaban J connectivity index is 1.41. The maximum Gasteiger partial charge on any atom is 0.422 e. The van der Waals surface area contributed by atoms with Crippen LogP contribution in [0.3, 0.4) is 0 Å². The predicted molar refractivity (Wildman–Crippen MR) is 153 cm³/mol. The van der Waals surface area contributed by atoms with Gasteiger partial charge in [-0.3, -0.25) is 14.3 Å². The predicted octanol–water partition coefficient (Wildman–Crippen LogP) is 4.63. The Labute approximate surface area is 236 Å². The van der Waals surface area contributed by atoms with Gasteiger partial charge in [0.15, 0.2) is 5.78 Å². The second kappa shape index (κ2) is 10.0. The van der Waals surface area contributed by atoms with Crippen molar-refractivity contribution in [1.82, 2.24) is 4.72 Å². The van der Waals surface area contributed by atoms with E-state index in [0.29, 0.717) is 24.9 Å². The Bertz CT molecular complexity index is 1380. The molecule has 9 nitrogen and oxygen atoms in total. The van der Waals surface area contributed by atoms with Gasteiger partial charge in [-0.1, -0.05) is 26.0 Å². The van der Waals surface area contributed by atoms with Crippen LogP contribution in [0.2, 0.25) is 0 Å². The zero-order valence-electron chi connectivity index (χ0n) is 23.8. The van der Waals surface area contributed by atoms with Crippen LogP contribution in [-0.2, 0) is 24.5 Å². The van der Waals surface area contributed by atoms with Crippen molar-refractivity contribution in [2.24, 2.45) is 34.5 Å². The maximum absolute atomic E-state index is 13.2. The quantitative estimate of drug-likeness (QED) is 0.512. The highest BCUT2D eigenvalue weighted by atomic mass is 32.2. The molecule has 7 atom stereocenters. The first-order valence-electron chi connectivity index (χ1n) is 14.0. The molecule has 2 fully saturated rings. The number of allylic oxidation sites excluding steroid dienone is 4. The molecule has 0 bridgehead atoms. The smallest absolute Gasteiger partial charge is 0.422 e. The highest BCUT2D eigenvalue weighted by Crippen LogP contribution is 2.65. The van der Waals surface area contributed by atoms with E-state index in [1.54, 1.807) is 37.3 Å². The summed E-state index contributed by atoms with van der Waals surface area (Å²) in [5, 5.41) is 0. The van der Waals surface area contributed by atoms with Gasteiger partial charge in [0, 0.05) is 38.0 Å². The molecule has 0 saturated heterocycles. The fraction of sp³-hybridized carbons (Fsp3) is 0.567. The van der Waals surface area contributed by atoms with E-state index in [4.69, 9.17) is 4.74 Å². The van der Waals surface area contributed by atoms with Gasteiger partial charge >= 0.3 is 16.3 Å². The number of ether oxygens (including phenoxy) is 1. The maximum atomic E-state index is 13.2. The summed E-state index contributed by atoms with van der Waals surface area (Å²) in [4.78, 5) is 40.0. The van der Waals surface area contributed by atoms with Crippen molar-refractivity contribution >= 4 is 39.2 Å². The van der Waals surface area contributed by atoms with Gasteiger partial charge in [-0.2, -0.15) is 8.42 Å². The Morgan fingerprint density at radius 1 is 1.10 bits per heavy atom. The molecule has 0 aromatic heterocycles. The number of Topliss-reactive ketones (excluding diaryl/α,β-unsaturated/α-hetero) is 1. The molecule has 4 aliphatic carbocycles. The first-order valence-corrected chi connectivity index (χ1v) is 15.4. The van der Waals surface area contributed by atoms with Crippen LogP contribution in [0.5, 0.6) is 0 Å². The molecular weight excluding hydrogens is 530 g/mol. The highest BCUT2D eigenvalue weighted by molar-refractivity contribution is 7.91. The Kier molecular flexibility index (Phi) is 7.13. The number of carbonyl (C=O) groups excluding carboxylic acids is 3.